The second-order valence-electron chi connectivity index (χ2n) is 4.30. The molecule has 3 N–H and O–H groups in total. The van der Waals surface area contributed by atoms with E-state index in [1.807, 2.05) is 13.8 Å². The Hall–Kier alpha value is -1.62. The molecule has 0 saturated heterocycles. The van der Waals surface area contributed by atoms with Crippen molar-refractivity contribution in [1.82, 2.24) is 0 Å². The molecule has 0 bridgehead atoms. The molecule has 0 radical (unpaired) electrons. The van der Waals surface area contributed by atoms with Gasteiger partial charge in [0, 0.05) is 18.1 Å². The number of ether oxygens (including phenoxy) is 2. The zero-order valence-electron chi connectivity index (χ0n) is 11.1. The molecule has 0 aromatic heterocycles. The molecular weight excluding hydrogens is 268 g/mol. The van der Waals surface area contributed by atoms with Gasteiger partial charge in [0.25, 0.3) is 0 Å². The summed E-state index contributed by atoms with van der Waals surface area (Å²) in [6.07, 6.45) is 1.62. The summed E-state index contributed by atoms with van der Waals surface area (Å²) in [5.74, 6) is 1.23. The third kappa shape index (κ3) is 3.23. The quantitative estimate of drug-likeness (QED) is 0.835. The van der Waals surface area contributed by atoms with Crippen molar-refractivity contribution in [2.24, 2.45) is 5.92 Å². The first-order chi connectivity index (χ1) is 8.65. The highest BCUT2D eigenvalue weighted by atomic mass is 35.5. The Morgan fingerprint density at radius 3 is 2.47 bits per heavy atom. The summed E-state index contributed by atoms with van der Waals surface area (Å²) in [6.45, 7) is 4.19. The van der Waals surface area contributed by atoms with Crippen LogP contribution in [0, 0.1) is 5.92 Å². The van der Waals surface area contributed by atoms with Crippen LogP contribution in [-0.4, -0.2) is 12.7 Å². The predicted molar refractivity (Wildman–Crippen MR) is 76.9 cm³/mol. The smallest absolute Gasteiger partial charge is 0.231 e. The summed E-state index contributed by atoms with van der Waals surface area (Å²) in [7, 11) is 0. The van der Waals surface area contributed by atoms with E-state index >= 15 is 0 Å². The van der Waals surface area contributed by atoms with Gasteiger partial charge in [-0.2, -0.15) is 0 Å². The molecule has 106 valence electrons. The molecule has 6 heteroatoms. The molecule has 1 aliphatic heterocycles. The monoisotopic (exact) mass is 286 g/mol. The zero-order valence-corrected chi connectivity index (χ0v) is 11.9. The molecule has 1 heterocycles. The Morgan fingerprint density at radius 1 is 1.32 bits per heavy atom. The van der Waals surface area contributed by atoms with E-state index in [2.05, 4.69) is 5.32 Å². The normalized spacial score (nSPS) is 12.2. The molecule has 0 fully saturated rings. The van der Waals surface area contributed by atoms with Gasteiger partial charge in [-0.15, -0.1) is 12.4 Å². The summed E-state index contributed by atoms with van der Waals surface area (Å²) in [5, 5.41) is 2.84. The fourth-order valence-electron chi connectivity index (χ4n) is 1.96. The second-order valence-corrected chi connectivity index (χ2v) is 4.30. The number of amides is 1. The van der Waals surface area contributed by atoms with Crippen molar-refractivity contribution in [3.8, 4) is 11.5 Å². The Bertz CT molecular complexity index is 461. The van der Waals surface area contributed by atoms with Gasteiger partial charge in [0.05, 0.1) is 11.4 Å². The maximum atomic E-state index is 12.0. The first-order valence-electron chi connectivity index (χ1n) is 6.15. The topological polar surface area (TPSA) is 73.6 Å². The lowest BCUT2D eigenvalue weighted by molar-refractivity contribution is -0.120. The van der Waals surface area contributed by atoms with Gasteiger partial charge in [0.1, 0.15) is 0 Å². The first kappa shape index (κ1) is 15.4. The van der Waals surface area contributed by atoms with Crippen molar-refractivity contribution >= 4 is 29.7 Å². The minimum atomic E-state index is -0.00874. The third-order valence-electron chi connectivity index (χ3n) is 3.16. The molecule has 19 heavy (non-hydrogen) atoms. The maximum Gasteiger partial charge on any atom is 0.231 e. The average Bonchev–Trinajstić information content (AvgIpc) is 2.78. The van der Waals surface area contributed by atoms with Crippen molar-refractivity contribution in [1.29, 1.82) is 0 Å². The molecule has 0 spiro atoms. The van der Waals surface area contributed by atoms with Crippen LogP contribution < -0.4 is 20.5 Å². The third-order valence-corrected chi connectivity index (χ3v) is 3.16. The predicted octanol–water partition coefficient (Wildman–Crippen LogP) is 2.79. The summed E-state index contributed by atoms with van der Waals surface area (Å²) in [5.41, 5.74) is 6.94. The van der Waals surface area contributed by atoms with E-state index in [1.165, 1.54) is 0 Å². The van der Waals surface area contributed by atoms with Gasteiger partial charge in [-0.25, -0.2) is 0 Å². The number of halogens is 1. The molecule has 0 atom stereocenters. The molecule has 1 amide bonds. The van der Waals surface area contributed by atoms with Crippen LogP contribution in [-0.2, 0) is 4.79 Å². The van der Waals surface area contributed by atoms with Crippen LogP contribution in [0.4, 0.5) is 11.4 Å². The number of hydrogen-bond acceptors (Lipinski definition) is 4. The highest BCUT2D eigenvalue weighted by Crippen LogP contribution is 2.38. The number of nitrogen functional groups attached to an aromatic ring is 1. The van der Waals surface area contributed by atoms with Gasteiger partial charge in [-0.05, 0) is 12.8 Å². The van der Waals surface area contributed by atoms with Gasteiger partial charge >= 0.3 is 0 Å². The van der Waals surface area contributed by atoms with Crippen LogP contribution >= 0.6 is 12.4 Å². The number of hydrogen-bond donors (Lipinski definition) is 2. The van der Waals surface area contributed by atoms with Gasteiger partial charge in [-0.3, -0.25) is 4.79 Å². The largest absolute Gasteiger partial charge is 0.454 e. The van der Waals surface area contributed by atoms with Crippen LogP contribution in [0.1, 0.15) is 26.7 Å². The molecular formula is C13H19ClN2O3. The average molecular weight is 287 g/mol. The van der Waals surface area contributed by atoms with Crippen LogP contribution in [0.2, 0.25) is 0 Å². The van der Waals surface area contributed by atoms with E-state index in [1.54, 1.807) is 12.1 Å². The highest BCUT2D eigenvalue weighted by molar-refractivity contribution is 5.96. The van der Waals surface area contributed by atoms with Gasteiger partial charge < -0.3 is 20.5 Å². The zero-order chi connectivity index (χ0) is 13.1. The van der Waals surface area contributed by atoms with E-state index in [-0.39, 0.29) is 31.0 Å². The molecule has 1 aliphatic rings. The van der Waals surface area contributed by atoms with Crippen molar-refractivity contribution in [2.75, 3.05) is 17.8 Å². The van der Waals surface area contributed by atoms with Crippen molar-refractivity contribution in [2.45, 2.75) is 26.7 Å². The van der Waals surface area contributed by atoms with E-state index in [0.29, 0.717) is 22.9 Å². The fourth-order valence-corrected chi connectivity index (χ4v) is 1.96. The van der Waals surface area contributed by atoms with Crippen molar-refractivity contribution in [3.63, 3.8) is 0 Å². The summed E-state index contributed by atoms with van der Waals surface area (Å²) in [4.78, 5) is 12.0. The molecule has 2 rings (SSSR count). The first-order valence-corrected chi connectivity index (χ1v) is 6.15. The van der Waals surface area contributed by atoms with Gasteiger partial charge in [-0.1, -0.05) is 13.8 Å². The van der Waals surface area contributed by atoms with Crippen LogP contribution in [0.15, 0.2) is 12.1 Å². The number of anilines is 2. The number of nitrogens with one attached hydrogen (secondary N) is 1. The van der Waals surface area contributed by atoms with E-state index < -0.39 is 0 Å². The number of carbonyl (C=O) groups is 1. The van der Waals surface area contributed by atoms with Crippen LogP contribution in [0.3, 0.4) is 0 Å². The summed E-state index contributed by atoms with van der Waals surface area (Å²) < 4.78 is 10.5. The lowest BCUT2D eigenvalue weighted by Crippen LogP contribution is -2.22. The molecule has 0 unspecified atom stereocenters. The number of rotatable bonds is 4. The Labute approximate surface area is 118 Å². The summed E-state index contributed by atoms with van der Waals surface area (Å²) in [6, 6.07) is 3.38. The highest BCUT2D eigenvalue weighted by Gasteiger charge is 2.19. The molecule has 1 aromatic rings. The fraction of sp³-hybridized carbons (Fsp3) is 0.462. The molecule has 1 aromatic carbocycles. The second kappa shape index (κ2) is 6.52. The summed E-state index contributed by atoms with van der Waals surface area (Å²) >= 11 is 0. The van der Waals surface area contributed by atoms with E-state index in [0.717, 1.165) is 12.8 Å². The standard InChI is InChI=1S/C13H18N2O3.ClH/c1-3-8(4-2)13(16)15-10-6-12-11(5-9(10)14)17-7-18-12;/h5-6,8H,3-4,7,14H2,1-2H3,(H,15,16);1H. The van der Waals surface area contributed by atoms with Crippen molar-refractivity contribution < 1.29 is 14.3 Å². The maximum absolute atomic E-state index is 12.0. The Morgan fingerprint density at radius 2 is 1.89 bits per heavy atom. The molecule has 0 saturated carbocycles. The van der Waals surface area contributed by atoms with Crippen LogP contribution in [0.5, 0.6) is 11.5 Å². The Kier molecular flexibility index (Phi) is 5.30. The number of benzene rings is 1. The minimum absolute atomic E-state index is 0. The van der Waals surface area contributed by atoms with Crippen LogP contribution in [0.25, 0.3) is 0 Å². The number of carbonyl (C=O) groups excluding carboxylic acids is 1. The van der Waals surface area contributed by atoms with Crippen molar-refractivity contribution in [3.05, 3.63) is 12.1 Å². The minimum Gasteiger partial charge on any atom is -0.454 e. The van der Waals surface area contributed by atoms with Gasteiger partial charge in [0.2, 0.25) is 12.7 Å². The molecule has 5 nitrogen and oxygen atoms in total. The SMILES string of the molecule is CCC(CC)C(=O)Nc1cc2c(cc1N)OCO2.Cl. The Balaban J connectivity index is 0.00000180. The lowest BCUT2D eigenvalue weighted by Gasteiger charge is -2.14. The number of fused-ring (bicyclic) bond motifs is 1. The number of nitrogens with two attached hydrogens (primary N) is 1. The van der Waals surface area contributed by atoms with Gasteiger partial charge in [0.15, 0.2) is 11.5 Å². The van der Waals surface area contributed by atoms with E-state index in [9.17, 15) is 4.79 Å². The molecule has 0 aliphatic carbocycles. The van der Waals surface area contributed by atoms with E-state index in [4.69, 9.17) is 15.2 Å². The lowest BCUT2D eigenvalue weighted by atomic mass is 10.0.